The van der Waals surface area contributed by atoms with Gasteiger partial charge in [-0.2, -0.15) is 13.2 Å². The van der Waals surface area contributed by atoms with Crippen LogP contribution in [0.5, 0.6) is 0 Å². The Hall–Kier alpha value is -2.78. The van der Waals surface area contributed by atoms with E-state index in [1.54, 1.807) is 0 Å². The maximum atomic E-state index is 13.8. The lowest BCUT2D eigenvalue weighted by atomic mass is 9.92. The molecule has 1 aromatic heterocycles. The Labute approximate surface area is 196 Å². The highest BCUT2D eigenvalue weighted by Gasteiger charge is 2.35. The minimum atomic E-state index is -4.65. The van der Waals surface area contributed by atoms with Crippen LogP contribution in [0.1, 0.15) is 58.2 Å². The standard InChI is InChI=1S/C24H31F5N4O/c1-6-16-12-33(13-17(16)7-2)22-10-18(24(27,28)29)9-20(32-22)14(4)19(11-21(25)26)23(30-8-3)31-15(5)34/h8-10,16-17,21H,3,6-7,11-13H2,1-2,4-5H3,(H,30,31,34)/b19-14+/t16-,17+. The van der Waals surface area contributed by atoms with Crippen molar-refractivity contribution in [3.8, 4) is 0 Å². The molecule has 0 spiro atoms. The van der Waals surface area contributed by atoms with E-state index in [-0.39, 0.29) is 28.5 Å². The largest absolute Gasteiger partial charge is 0.416 e. The number of aromatic nitrogens is 1. The fourth-order valence-electron chi connectivity index (χ4n) is 4.26. The van der Waals surface area contributed by atoms with Crippen LogP contribution in [0.25, 0.3) is 5.57 Å². The molecule has 1 fully saturated rings. The second-order valence-corrected chi connectivity index (χ2v) is 8.38. The van der Waals surface area contributed by atoms with Gasteiger partial charge in [-0.05, 0) is 36.5 Å². The number of pyridine rings is 1. The second kappa shape index (κ2) is 11.6. The number of hydrogen-bond donors (Lipinski definition) is 1. The molecule has 34 heavy (non-hydrogen) atoms. The van der Waals surface area contributed by atoms with E-state index in [2.05, 4.69) is 21.9 Å². The first-order valence-corrected chi connectivity index (χ1v) is 11.2. The van der Waals surface area contributed by atoms with Crippen LogP contribution in [-0.2, 0) is 11.0 Å². The van der Waals surface area contributed by atoms with Gasteiger partial charge in [0.15, 0.2) is 0 Å². The molecule has 5 nitrogen and oxygen atoms in total. The lowest BCUT2D eigenvalue weighted by Gasteiger charge is -2.22. The summed E-state index contributed by atoms with van der Waals surface area (Å²) in [5.74, 6) is 0.0611. The van der Waals surface area contributed by atoms with E-state index in [1.807, 2.05) is 18.7 Å². The Balaban J connectivity index is 2.69. The van der Waals surface area contributed by atoms with Crippen molar-refractivity contribution >= 4 is 23.1 Å². The quantitative estimate of drug-likeness (QED) is 0.275. The first-order valence-electron chi connectivity index (χ1n) is 11.2. The maximum Gasteiger partial charge on any atom is 0.416 e. The zero-order valence-electron chi connectivity index (χ0n) is 19.8. The summed E-state index contributed by atoms with van der Waals surface area (Å²) < 4.78 is 68.2. The predicted octanol–water partition coefficient (Wildman–Crippen LogP) is 6.08. The van der Waals surface area contributed by atoms with E-state index < -0.39 is 30.5 Å². The molecule has 10 heteroatoms. The van der Waals surface area contributed by atoms with Crippen LogP contribution in [0.3, 0.4) is 0 Å². The van der Waals surface area contributed by atoms with Crippen LogP contribution in [-0.4, -0.2) is 36.2 Å². The van der Waals surface area contributed by atoms with E-state index in [0.717, 1.165) is 31.2 Å². The normalized spacial score (nSPS) is 19.9. The summed E-state index contributed by atoms with van der Waals surface area (Å²) >= 11 is 0. The van der Waals surface area contributed by atoms with Gasteiger partial charge in [0.1, 0.15) is 11.7 Å². The number of hydrogen-bond acceptors (Lipinski definition) is 4. The molecule has 188 valence electrons. The van der Waals surface area contributed by atoms with Crippen LogP contribution in [0.4, 0.5) is 27.8 Å². The molecule has 1 N–H and O–H groups in total. The lowest BCUT2D eigenvalue weighted by molar-refractivity contribution is -0.137. The van der Waals surface area contributed by atoms with Gasteiger partial charge < -0.3 is 10.2 Å². The average molecular weight is 487 g/mol. The fraction of sp³-hybridized carbons (Fsp3) is 0.542. The highest BCUT2D eigenvalue weighted by molar-refractivity contribution is 6.11. The van der Waals surface area contributed by atoms with Crippen molar-refractivity contribution in [2.75, 3.05) is 18.0 Å². The predicted molar refractivity (Wildman–Crippen MR) is 124 cm³/mol. The number of amidine groups is 1. The van der Waals surface area contributed by atoms with Gasteiger partial charge in [-0.3, -0.25) is 4.79 Å². The first kappa shape index (κ1) is 27.5. The summed E-state index contributed by atoms with van der Waals surface area (Å²) in [5.41, 5.74) is -1.06. The molecule has 2 rings (SSSR count). The van der Waals surface area contributed by atoms with E-state index >= 15 is 0 Å². The summed E-state index contributed by atoms with van der Waals surface area (Å²) in [4.78, 5) is 21.8. The number of nitrogens with zero attached hydrogens (tertiary/aromatic N) is 3. The second-order valence-electron chi connectivity index (χ2n) is 8.38. The third-order valence-corrected chi connectivity index (χ3v) is 6.08. The number of carbonyl (C=O) groups is 1. The summed E-state index contributed by atoms with van der Waals surface area (Å²) in [6.07, 6.45) is -5.44. The first-order chi connectivity index (χ1) is 15.9. The zero-order chi connectivity index (χ0) is 25.6. The van der Waals surface area contributed by atoms with Gasteiger partial charge in [0.05, 0.1) is 11.3 Å². The Kier molecular flexibility index (Phi) is 9.35. The molecule has 1 amide bonds. The third-order valence-electron chi connectivity index (χ3n) is 6.08. The Morgan fingerprint density at radius 1 is 1.24 bits per heavy atom. The van der Waals surface area contributed by atoms with Gasteiger partial charge in [0.2, 0.25) is 12.3 Å². The van der Waals surface area contributed by atoms with Crippen LogP contribution in [0.15, 0.2) is 35.5 Å². The van der Waals surface area contributed by atoms with Crippen molar-refractivity contribution in [3.05, 3.63) is 41.7 Å². The van der Waals surface area contributed by atoms with Crippen LogP contribution < -0.4 is 10.2 Å². The molecule has 2 atom stereocenters. The third kappa shape index (κ3) is 6.87. The van der Waals surface area contributed by atoms with Gasteiger partial charge >= 0.3 is 6.18 Å². The number of aliphatic imine (C=N–C) groups is 1. The number of rotatable bonds is 8. The zero-order valence-corrected chi connectivity index (χ0v) is 19.8. The smallest absolute Gasteiger partial charge is 0.356 e. The Morgan fingerprint density at radius 2 is 1.82 bits per heavy atom. The molecular formula is C24H31F5N4O. The molecule has 0 aliphatic carbocycles. The van der Waals surface area contributed by atoms with Crippen molar-refractivity contribution < 1.29 is 26.7 Å². The van der Waals surface area contributed by atoms with E-state index in [4.69, 9.17) is 0 Å². The molecule has 1 saturated heterocycles. The molecule has 1 aromatic rings. The Bertz CT molecular complexity index is 943. The minimum Gasteiger partial charge on any atom is -0.356 e. The van der Waals surface area contributed by atoms with Gasteiger partial charge in [0.25, 0.3) is 0 Å². The monoisotopic (exact) mass is 486 g/mol. The Morgan fingerprint density at radius 3 is 2.26 bits per heavy atom. The molecule has 1 aliphatic heterocycles. The summed E-state index contributed by atoms with van der Waals surface area (Å²) in [6, 6.07) is 1.84. The number of allylic oxidation sites excluding steroid dienone is 1. The van der Waals surface area contributed by atoms with Crippen LogP contribution in [0, 0.1) is 11.8 Å². The molecule has 2 heterocycles. The molecular weight excluding hydrogens is 455 g/mol. The number of halogens is 5. The maximum absolute atomic E-state index is 13.8. The van der Waals surface area contributed by atoms with E-state index in [0.29, 0.717) is 24.9 Å². The van der Waals surface area contributed by atoms with Crippen molar-refractivity contribution in [1.29, 1.82) is 0 Å². The molecule has 0 radical (unpaired) electrons. The number of anilines is 1. The van der Waals surface area contributed by atoms with E-state index in [1.165, 1.54) is 13.8 Å². The summed E-state index contributed by atoms with van der Waals surface area (Å²) in [7, 11) is 0. The average Bonchev–Trinajstić information content (AvgIpc) is 3.19. The van der Waals surface area contributed by atoms with Crippen molar-refractivity contribution in [2.45, 2.75) is 59.6 Å². The van der Waals surface area contributed by atoms with Crippen LogP contribution >= 0.6 is 0 Å². The highest BCUT2D eigenvalue weighted by Crippen LogP contribution is 2.37. The van der Waals surface area contributed by atoms with Gasteiger partial charge in [-0.25, -0.2) is 18.8 Å². The minimum absolute atomic E-state index is 0.0697. The topological polar surface area (TPSA) is 57.6 Å². The van der Waals surface area contributed by atoms with Crippen molar-refractivity contribution in [3.63, 3.8) is 0 Å². The number of alkyl halides is 5. The van der Waals surface area contributed by atoms with Gasteiger partial charge in [-0.15, -0.1) is 0 Å². The number of amides is 1. The fourth-order valence-corrected chi connectivity index (χ4v) is 4.26. The van der Waals surface area contributed by atoms with Gasteiger partial charge in [0, 0.05) is 38.2 Å². The highest BCUT2D eigenvalue weighted by atomic mass is 19.4. The van der Waals surface area contributed by atoms with Crippen molar-refractivity contribution in [1.82, 2.24) is 10.3 Å². The molecule has 0 aromatic carbocycles. The van der Waals surface area contributed by atoms with Crippen LogP contribution in [0.2, 0.25) is 0 Å². The van der Waals surface area contributed by atoms with E-state index in [9.17, 15) is 26.7 Å². The summed E-state index contributed by atoms with van der Waals surface area (Å²) in [6.45, 7) is 11.2. The summed E-state index contributed by atoms with van der Waals surface area (Å²) in [5, 5.41) is 2.37. The van der Waals surface area contributed by atoms with Crippen molar-refractivity contribution in [2.24, 2.45) is 16.8 Å². The molecule has 0 unspecified atom stereocenters. The lowest BCUT2D eigenvalue weighted by Crippen LogP contribution is -2.31. The number of nitrogens with one attached hydrogen (secondary N) is 1. The number of carbonyl (C=O) groups excluding carboxylic acids is 1. The molecule has 1 aliphatic rings. The SMILES string of the molecule is C=CN=C(NC(C)=O)/C(CC(F)F)=C(\C)c1cc(C(F)(F)F)cc(N2C[C@@H](CC)[C@@H](CC)C2)n1. The molecule has 0 bridgehead atoms. The molecule has 0 saturated carbocycles. The van der Waals surface area contributed by atoms with Gasteiger partial charge in [-0.1, -0.05) is 33.3 Å².